The summed E-state index contributed by atoms with van der Waals surface area (Å²) >= 11 is 0. The number of nitriles is 1. The molecule has 7 heteroatoms. The summed E-state index contributed by atoms with van der Waals surface area (Å²) in [6.45, 7) is 0.807. The first-order valence-corrected chi connectivity index (χ1v) is 9.75. The summed E-state index contributed by atoms with van der Waals surface area (Å²) in [6.07, 6.45) is 2.06. The van der Waals surface area contributed by atoms with Gasteiger partial charge in [-0.15, -0.1) is 0 Å². The van der Waals surface area contributed by atoms with E-state index in [-0.39, 0.29) is 6.42 Å². The molecular formula is C23H24N2O5. The average Bonchev–Trinajstić information content (AvgIpc) is 3.60. The minimum absolute atomic E-state index is 0.218. The van der Waals surface area contributed by atoms with E-state index in [4.69, 9.17) is 24.7 Å². The van der Waals surface area contributed by atoms with Gasteiger partial charge < -0.3 is 19.4 Å². The van der Waals surface area contributed by atoms with Crippen molar-refractivity contribution in [2.24, 2.45) is 11.1 Å². The molecule has 1 aliphatic rings. The average molecular weight is 408 g/mol. The minimum atomic E-state index is -0.996. The van der Waals surface area contributed by atoms with Gasteiger partial charge in [0.2, 0.25) is 0 Å². The molecule has 0 spiro atoms. The summed E-state index contributed by atoms with van der Waals surface area (Å²) in [5.41, 5.74) is 2.59. The van der Waals surface area contributed by atoms with Crippen molar-refractivity contribution in [1.82, 2.24) is 0 Å². The summed E-state index contributed by atoms with van der Waals surface area (Å²) < 4.78 is 11.6. The van der Waals surface area contributed by atoms with Gasteiger partial charge in [-0.05, 0) is 48.2 Å². The summed E-state index contributed by atoms with van der Waals surface area (Å²) in [4.78, 5) is 15.7. The Morgan fingerprint density at radius 1 is 1.13 bits per heavy atom. The van der Waals surface area contributed by atoms with Gasteiger partial charge in [0, 0.05) is 5.92 Å². The van der Waals surface area contributed by atoms with Crippen LogP contribution in [0.1, 0.15) is 36.3 Å². The number of hydrogen-bond donors (Lipinski definition) is 1. The predicted molar refractivity (Wildman–Crippen MR) is 110 cm³/mol. The summed E-state index contributed by atoms with van der Waals surface area (Å²) in [7, 11) is 1.54. The summed E-state index contributed by atoms with van der Waals surface area (Å²) in [6, 6.07) is 16.6. The van der Waals surface area contributed by atoms with E-state index >= 15 is 0 Å². The van der Waals surface area contributed by atoms with Gasteiger partial charge in [0.1, 0.15) is 31.8 Å². The summed E-state index contributed by atoms with van der Waals surface area (Å²) in [5.74, 6) is 0.226. The molecule has 0 aromatic heterocycles. The Balaban J connectivity index is 1.49. The Kier molecular flexibility index (Phi) is 7.28. The number of nitrogens with zero attached hydrogens (tertiary/aromatic N) is 2. The van der Waals surface area contributed by atoms with Crippen LogP contribution in [0.5, 0.6) is 11.5 Å². The highest BCUT2D eigenvalue weighted by atomic mass is 16.6. The molecule has 156 valence electrons. The molecule has 0 radical (unpaired) electrons. The molecule has 1 fully saturated rings. The Labute approximate surface area is 175 Å². The zero-order valence-electron chi connectivity index (χ0n) is 16.8. The fourth-order valence-electron chi connectivity index (χ4n) is 2.97. The van der Waals surface area contributed by atoms with Crippen LogP contribution in [0.15, 0.2) is 53.7 Å². The first-order valence-electron chi connectivity index (χ1n) is 9.75. The number of ether oxygens (including phenoxy) is 2. The minimum Gasteiger partial charge on any atom is -0.489 e. The lowest BCUT2D eigenvalue weighted by Crippen LogP contribution is -2.14. The van der Waals surface area contributed by atoms with Crippen molar-refractivity contribution in [3.8, 4) is 17.6 Å². The van der Waals surface area contributed by atoms with Gasteiger partial charge in [-0.2, -0.15) is 5.26 Å². The number of rotatable bonds is 11. The van der Waals surface area contributed by atoms with Crippen LogP contribution in [0, 0.1) is 17.2 Å². The number of benzene rings is 2. The van der Waals surface area contributed by atoms with Crippen LogP contribution >= 0.6 is 0 Å². The molecule has 0 amide bonds. The Morgan fingerprint density at radius 3 is 2.33 bits per heavy atom. The lowest BCUT2D eigenvalue weighted by atomic mass is 9.97. The second-order valence-corrected chi connectivity index (χ2v) is 7.11. The van der Waals surface area contributed by atoms with Gasteiger partial charge in [-0.1, -0.05) is 29.4 Å². The highest BCUT2D eigenvalue weighted by Gasteiger charge is 2.28. The van der Waals surface area contributed by atoms with Crippen molar-refractivity contribution >= 4 is 11.7 Å². The maximum absolute atomic E-state index is 10.8. The number of carboxylic acids is 1. The van der Waals surface area contributed by atoms with Crippen LogP contribution < -0.4 is 9.47 Å². The largest absolute Gasteiger partial charge is 0.489 e. The fourth-order valence-corrected chi connectivity index (χ4v) is 2.97. The Bertz CT molecular complexity index is 912. The number of carbonyl (C=O) groups is 1. The lowest BCUT2D eigenvalue weighted by Gasteiger charge is -2.11. The molecule has 2 aromatic rings. The number of aliphatic carboxylic acids is 1. The van der Waals surface area contributed by atoms with Crippen molar-refractivity contribution in [2.45, 2.75) is 31.8 Å². The quantitative estimate of drug-likeness (QED) is 0.443. The maximum atomic E-state index is 10.8. The zero-order valence-corrected chi connectivity index (χ0v) is 16.8. The topological polar surface area (TPSA) is 101 Å². The van der Waals surface area contributed by atoms with Crippen molar-refractivity contribution in [2.75, 3.05) is 13.7 Å². The van der Waals surface area contributed by atoms with Gasteiger partial charge in [0.05, 0.1) is 24.1 Å². The van der Waals surface area contributed by atoms with Crippen molar-refractivity contribution in [3.63, 3.8) is 0 Å². The molecule has 0 saturated heterocycles. The standard InChI is InChI=1S/C23H24N2O5/c1-28-25-22(18-4-5-18)15-30-20-8-2-16(3-9-20)14-29-21-10-6-17(7-11-21)19(13-24)12-23(26)27/h2-3,6-11,18-19H,4-5,12,14-15H2,1H3,(H,26,27). The first-order chi connectivity index (χ1) is 14.6. The number of hydrogen-bond acceptors (Lipinski definition) is 6. The van der Waals surface area contributed by atoms with Crippen LogP contribution in [0.3, 0.4) is 0 Å². The maximum Gasteiger partial charge on any atom is 0.305 e. The lowest BCUT2D eigenvalue weighted by molar-refractivity contribution is -0.137. The van der Waals surface area contributed by atoms with E-state index in [1.54, 1.807) is 31.4 Å². The normalized spacial score (nSPS) is 14.5. The highest BCUT2D eigenvalue weighted by Crippen LogP contribution is 2.31. The highest BCUT2D eigenvalue weighted by molar-refractivity contribution is 5.89. The molecular weight excluding hydrogens is 384 g/mol. The van der Waals surface area contributed by atoms with Crippen LogP contribution in [0.25, 0.3) is 0 Å². The van der Waals surface area contributed by atoms with E-state index in [1.165, 1.54) is 0 Å². The molecule has 7 nitrogen and oxygen atoms in total. The van der Waals surface area contributed by atoms with Crippen molar-refractivity contribution in [1.29, 1.82) is 5.26 Å². The predicted octanol–water partition coefficient (Wildman–Crippen LogP) is 4.14. The SMILES string of the molecule is CON=C(COc1ccc(COc2ccc(C(C#N)CC(=O)O)cc2)cc1)C1CC1. The van der Waals surface area contributed by atoms with E-state index < -0.39 is 11.9 Å². The zero-order chi connectivity index (χ0) is 21.3. The molecule has 0 aliphatic heterocycles. The van der Waals surface area contributed by atoms with E-state index in [1.807, 2.05) is 30.3 Å². The van der Waals surface area contributed by atoms with Gasteiger partial charge in [-0.3, -0.25) is 4.79 Å². The van der Waals surface area contributed by atoms with Gasteiger partial charge in [0.25, 0.3) is 0 Å². The van der Waals surface area contributed by atoms with E-state index in [2.05, 4.69) is 5.16 Å². The van der Waals surface area contributed by atoms with E-state index in [0.717, 1.165) is 29.9 Å². The Morgan fingerprint density at radius 2 is 1.77 bits per heavy atom. The van der Waals surface area contributed by atoms with E-state index in [0.29, 0.717) is 30.4 Å². The monoisotopic (exact) mass is 408 g/mol. The fraction of sp³-hybridized carbons (Fsp3) is 0.348. The van der Waals surface area contributed by atoms with Gasteiger partial charge >= 0.3 is 5.97 Å². The van der Waals surface area contributed by atoms with Gasteiger partial charge in [0.15, 0.2) is 0 Å². The number of oxime groups is 1. The second-order valence-electron chi connectivity index (χ2n) is 7.11. The summed E-state index contributed by atoms with van der Waals surface area (Å²) in [5, 5.41) is 22.0. The molecule has 2 aromatic carbocycles. The number of carboxylic acid groups (broad SMARTS) is 1. The third kappa shape index (κ3) is 6.24. The third-order valence-electron chi connectivity index (χ3n) is 4.79. The van der Waals surface area contributed by atoms with Crippen LogP contribution in [0.4, 0.5) is 0 Å². The van der Waals surface area contributed by atoms with Crippen LogP contribution in [-0.2, 0) is 16.2 Å². The van der Waals surface area contributed by atoms with E-state index in [9.17, 15) is 4.79 Å². The molecule has 1 atom stereocenters. The molecule has 1 unspecified atom stereocenters. The molecule has 30 heavy (non-hydrogen) atoms. The third-order valence-corrected chi connectivity index (χ3v) is 4.79. The van der Waals surface area contributed by atoms with Crippen LogP contribution in [-0.4, -0.2) is 30.5 Å². The smallest absolute Gasteiger partial charge is 0.305 e. The molecule has 1 N–H and O–H groups in total. The van der Waals surface area contributed by atoms with Crippen molar-refractivity contribution in [3.05, 3.63) is 59.7 Å². The molecule has 0 bridgehead atoms. The van der Waals surface area contributed by atoms with Gasteiger partial charge in [-0.25, -0.2) is 0 Å². The van der Waals surface area contributed by atoms with Crippen LogP contribution in [0.2, 0.25) is 0 Å². The molecule has 1 aliphatic carbocycles. The Hall–Kier alpha value is -3.53. The van der Waals surface area contributed by atoms with Crippen molar-refractivity contribution < 1.29 is 24.2 Å². The first kappa shape index (κ1) is 21.2. The molecule has 1 saturated carbocycles. The molecule has 0 heterocycles. The second kappa shape index (κ2) is 10.3. The molecule has 3 rings (SSSR count).